The zero-order chi connectivity index (χ0) is 21.3. The molecule has 1 aromatic rings. The SMILES string of the molecule is NC12CNCCNCC(NCc3ccc(C(=O)O)cc3)(CNCCN1)CNCCN2. The summed E-state index contributed by atoms with van der Waals surface area (Å²) >= 11 is 0. The Balaban J connectivity index is 1.70. The summed E-state index contributed by atoms with van der Waals surface area (Å²) < 4.78 is 0. The van der Waals surface area contributed by atoms with Crippen molar-refractivity contribution in [3.8, 4) is 0 Å². The first-order valence-electron chi connectivity index (χ1n) is 10.7. The summed E-state index contributed by atoms with van der Waals surface area (Å²) in [5.74, 6) is -1.54. The number of aromatic carboxylic acids is 1. The van der Waals surface area contributed by atoms with Gasteiger partial charge in [-0.2, -0.15) is 0 Å². The minimum absolute atomic E-state index is 0.196. The van der Waals surface area contributed by atoms with Crippen LogP contribution in [0.25, 0.3) is 0 Å². The lowest BCUT2D eigenvalue weighted by Gasteiger charge is -2.37. The lowest BCUT2D eigenvalue weighted by Crippen LogP contribution is -2.71. The van der Waals surface area contributed by atoms with Crippen LogP contribution in [-0.2, 0) is 6.54 Å². The third kappa shape index (κ3) is 6.96. The molecule has 0 saturated carbocycles. The van der Waals surface area contributed by atoms with Gasteiger partial charge in [-0.3, -0.25) is 16.4 Å². The number of nitrogens with two attached hydrogens (primary N) is 1. The van der Waals surface area contributed by atoms with Crippen LogP contribution >= 0.6 is 0 Å². The van der Waals surface area contributed by atoms with Gasteiger partial charge in [-0.25, -0.2) is 4.79 Å². The molecule has 0 amide bonds. The molecule has 0 spiro atoms. The van der Waals surface area contributed by atoms with Crippen molar-refractivity contribution in [2.45, 2.75) is 17.9 Å². The highest BCUT2D eigenvalue weighted by Crippen LogP contribution is 2.08. The molecule has 3 saturated heterocycles. The Bertz CT molecular complexity index is 655. The summed E-state index contributed by atoms with van der Waals surface area (Å²) in [5, 5.41) is 33.8. The minimum atomic E-state index is -0.905. The summed E-state index contributed by atoms with van der Waals surface area (Å²) in [6.45, 7) is 8.49. The largest absolute Gasteiger partial charge is 0.478 e. The number of nitrogens with one attached hydrogen (secondary N) is 7. The zero-order valence-electron chi connectivity index (χ0n) is 17.5. The second-order valence-electron chi connectivity index (χ2n) is 8.17. The fourth-order valence-electron chi connectivity index (χ4n) is 3.81. The van der Waals surface area contributed by atoms with E-state index < -0.39 is 11.8 Å². The van der Waals surface area contributed by atoms with Gasteiger partial charge < -0.3 is 31.7 Å². The van der Waals surface area contributed by atoms with E-state index >= 15 is 0 Å². The van der Waals surface area contributed by atoms with Crippen LogP contribution in [0.2, 0.25) is 0 Å². The summed E-state index contributed by atoms with van der Waals surface area (Å²) in [7, 11) is 0. The van der Waals surface area contributed by atoms with Crippen molar-refractivity contribution in [2.75, 3.05) is 65.4 Å². The Hall–Kier alpha value is -1.63. The maximum Gasteiger partial charge on any atom is 0.335 e. The standard InChI is InChI=1S/C20H36N8O2/c21-20-15-25-6-5-22-12-19(13-23-7-9-26-20,14-24-8-10-27-20)28-11-16-1-3-17(4-2-16)18(29)30/h1-4,22-28H,5-15,21H2,(H,29,30). The van der Waals surface area contributed by atoms with Crippen LogP contribution in [0.15, 0.2) is 24.3 Å². The summed E-state index contributed by atoms with van der Waals surface area (Å²) in [5.41, 5.74) is 7.65. The van der Waals surface area contributed by atoms with E-state index in [1.165, 1.54) is 0 Å². The van der Waals surface area contributed by atoms with Crippen LogP contribution in [-0.4, -0.2) is 87.8 Å². The number of fused-ring (bicyclic) bond motifs is 13. The fourth-order valence-corrected chi connectivity index (χ4v) is 3.81. The van der Waals surface area contributed by atoms with E-state index in [2.05, 4.69) is 37.2 Å². The molecule has 3 aliphatic rings. The van der Waals surface area contributed by atoms with Gasteiger partial charge in [0.2, 0.25) is 0 Å². The van der Waals surface area contributed by atoms with Gasteiger partial charge >= 0.3 is 5.97 Å². The molecule has 0 atom stereocenters. The Kier molecular flexibility index (Phi) is 8.54. The zero-order valence-corrected chi connectivity index (χ0v) is 17.5. The first-order chi connectivity index (χ1) is 14.5. The second kappa shape index (κ2) is 11.1. The second-order valence-corrected chi connectivity index (χ2v) is 8.17. The number of carboxylic acids is 1. The number of hydrogen-bond acceptors (Lipinski definition) is 9. The molecule has 4 rings (SSSR count). The molecule has 10 heteroatoms. The molecular formula is C20H36N8O2. The molecule has 30 heavy (non-hydrogen) atoms. The minimum Gasteiger partial charge on any atom is -0.478 e. The van der Waals surface area contributed by atoms with E-state index in [0.717, 1.165) is 64.5 Å². The number of carboxylic acid groups (broad SMARTS) is 1. The Morgan fingerprint density at radius 1 is 0.867 bits per heavy atom. The van der Waals surface area contributed by atoms with Gasteiger partial charge in [0.25, 0.3) is 0 Å². The summed E-state index contributed by atoms with van der Waals surface area (Å²) in [4.78, 5) is 11.1. The van der Waals surface area contributed by atoms with Crippen molar-refractivity contribution in [1.82, 2.24) is 37.2 Å². The molecule has 3 heterocycles. The van der Waals surface area contributed by atoms with Crippen molar-refractivity contribution in [3.05, 3.63) is 35.4 Å². The van der Waals surface area contributed by atoms with Gasteiger partial charge in [-0.15, -0.1) is 0 Å². The predicted octanol–water partition coefficient (Wildman–Crippen LogP) is -2.61. The van der Waals surface area contributed by atoms with Crippen molar-refractivity contribution in [1.29, 1.82) is 0 Å². The molecule has 168 valence electrons. The molecule has 1 aromatic carbocycles. The molecule has 0 aliphatic carbocycles. The van der Waals surface area contributed by atoms with Crippen LogP contribution in [0.5, 0.6) is 0 Å². The van der Waals surface area contributed by atoms with E-state index in [4.69, 9.17) is 10.8 Å². The average Bonchev–Trinajstić information content (AvgIpc) is 2.75. The normalized spacial score (nSPS) is 29.5. The number of carbonyl (C=O) groups is 1. The van der Waals surface area contributed by atoms with Crippen molar-refractivity contribution in [2.24, 2.45) is 5.73 Å². The van der Waals surface area contributed by atoms with Crippen molar-refractivity contribution in [3.63, 3.8) is 0 Å². The topological polar surface area (TPSA) is 148 Å². The summed E-state index contributed by atoms with van der Waals surface area (Å²) in [6, 6.07) is 7.04. The number of benzene rings is 1. The van der Waals surface area contributed by atoms with Gasteiger partial charge in [0.15, 0.2) is 0 Å². The smallest absolute Gasteiger partial charge is 0.335 e. The molecule has 0 unspecified atom stereocenters. The van der Waals surface area contributed by atoms with E-state index in [-0.39, 0.29) is 5.54 Å². The predicted molar refractivity (Wildman–Crippen MR) is 117 cm³/mol. The quantitative estimate of drug-likeness (QED) is 0.254. The lowest BCUT2D eigenvalue weighted by molar-refractivity contribution is 0.0697. The first-order valence-corrected chi connectivity index (χ1v) is 10.7. The van der Waals surface area contributed by atoms with Crippen molar-refractivity contribution < 1.29 is 9.90 Å². The van der Waals surface area contributed by atoms with Gasteiger partial charge in [-0.05, 0) is 17.7 Å². The highest BCUT2D eigenvalue weighted by molar-refractivity contribution is 5.87. The first kappa shape index (κ1) is 23.0. The van der Waals surface area contributed by atoms with Crippen LogP contribution in [0.4, 0.5) is 0 Å². The van der Waals surface area contributed by atoms with E-state index in [0.29, 0.717) is 18.7 Å². The molecule has 2 bridgehead atoms. The molecule has 10 N–H and O–H groups in total. The number of hydrogen-bond donors (Lipinski definition) is 9. The fraction of sp³-hybridized carbons (Fsp3) is 0.650. The Labute approximate surface area is 178 Å². The van der Waals surface area contributed by atoms with E-state index in [1.54, 1.807) is 12.1 Å². The molecule has 10 nitrogen and oxygen atoms in total. The molecular weight excluding hydrogens is 384 g/mol. The Morgan fingerprint density at radius 3 is 1.90 bits per heavy atom. The maximum absolute atomic E-state index is 11.1. The molecule has 3 fully saturated rings. The van der Waals surface area contributed by atoms with Gasteiger partial charge in [0, 0.05) is 72.0 Å². The van der Waals surface area contributed by atoms with Crippen LogP contribution < -0.4 is 43.0 Å². The van der Waals surface area contributed by atoms with Crippen LogP contribution in [0, 0.1) is 0 Å². The lowest BCUT2D eigenvalue weighted by atomic mass is 9.97. The van der Waals surface area contributed by atoms with Gasteiger partial charge in [0.05, 0.1) is 11.1 Å². The van der Waals surface area contributed by atoms with Crippen LogP contribution in [0.3, 0.4) is 0 Å². The van der Waals surface area contributed by atoms with E-state index in [9.17, 15) is 4.79 Å². The maximum atomic E-state index is 11.1. The summed E-state index contributed by atoms with van der Waals surface area (Å²) in [6.07, 6.45) is 0. The third-order valence-corrected chi connectivity index (χ3v) is 5.63. The highest BCUT2D eigenvalue weighted by Gasteiger charge is 2.30. The Morgan fingerprint density at radius 2 is 1.37 bits per heavy atom. The number of rotatable bonds is 4. The van der Waals surface area contributed by atoms with Crippen molar-refractivity contribution >= 4 is 5.97 Å². The highest BCUT2D eigenvalue weighted by atomic mass is 16.4. The molecule has 3 aliphatic heterocycles. The monoisotopic (exact) mass is 420 g/mol. The van der Waals surface area contributed by atoms with E-state index in [1.807, 2.05) is 12.1 Å². The van der Waals surface area contributed by atoms with Crippen LogP contribution in [0.1, 0.15) is 15.9 Å². The molecule has 0 radical (unpaired) electrons. The average molecular weight is 421 g/mol. The van der Waals surface area contributed by atoms with Gasteiger partial charge in [0.1, 0.15) is 5.79 Å². The van der Waals surface area contributed by atoms with Gasteiger partial charge in [-0.1, -0.05) is 12.1 Å². The molecule has 0 aromatic heterocycles. The third-order valence-electron chi connectivity index (χ3n) is 5.63.